The third-order valence-electron chi connectivity index (χ3n) is 3.50. The van der Waals surface area contributed by atoms with Gasteiger partial charge in [0.2, 0.25) is 0 Å². The number of esters is 1. The lowest BCUT2D eigenvalue weighted by Crippen LogP contribution is -2.39. The zero-order chi connectivity index (χ0) is 18.1. The third kappa shape index (κ3) is 5.64. The van der Waals surface area contributed by atoms with Gasteiger partial charge in [0.25, 0.3) is 5.91 Å². The van der Waals surface area contributed by atoms with Gasteiger partial charge < -0.3 is 14.8 Å². The molecule has 0 radical (unpaired) electrons. The Kier molecular flexibility index (Phi) is 7.02. The lowest BCUT2D eigenvalue weighted by Gasteiger charge is -2.19. The first kappa shape index (κ1) is 18.5. The number of benzene rings is 1. The Hall–Kier alpha value is -2.81. The first-order valence-electron chi connectivity index (χ1n) is 7.85. The summed E-state index contributed by atoms with van der Waals surface area (Å²) in [6, 6.07) is 8.68. The van der Waals surface area contributed by atoms with Crippen LogP contribution in [0.3, 0.4) is 0 Å². The summed E-state index contributed by atoms with van der Waals surface area (Å²) in [5.74, 6) is -0.967. The number of nitrogens with one attached hydrogen (secondary N) is 1. The van der Waals surface area contributed by atoms with Gasteiger partial charge in [-0.25, -0.2) is 9.48 Å². The number of aromatic nitrogens is 4. The molecule has 1 amide bonds. The Labute approximate surface area is 145 Å². The highest BCUT2D eigenvalue weighted by atomic mass is 16.5. The van der Waals surface area contributed by atoms with Gasteiger partial charge in [0.05, 0.1) is 6.61 Å². The van der Waals surface area contributed by atoms with Crippen LogP contribution < -0.4 is 5.32 Å². The van der Waals surface area contributed by atoms with E-state index in [0.29, 0.717) is 19.6 Å². The van der Waals surface area contributed by atoms with E-state index in [-0.39, 0.29) is 5.91 Å². The summed E-state index contributed by atoms with van der Waals surface area (Å²) in [6.45, 7) is 2.24. The number of carbonyl (C=O) groups is 2. The van der Waals surface area contributed by atoms with Gasteiger partial charge in [0.15, 0.2) is 12.1 Å². The van der Waals surface area contributed by atoms with Crippen molar-refractivity contribution in [2.24, 2.45) is 0 Å². The summed E-state index contributed by atoms with van der Waals surface area (Å²) >= 11 is 0. The number of ether oxygens (including phenoxy) is 2. The van der Waals surface area contributed by atoms with E-state index in [1.165, 1.54) is 25.0 Å². The van der Waals surface area contributed by atoms with Crippen molar-refractivity contribution in [1.29, 1.82) is 0 Å². The third-order valence-corrected chi connectivity index (χ3v) is 3.50. The Balaban J connectivity index is 2.02. The van der Waals surface area contributed by atoms with Crippen LogP contribution in [0.15, 0.2) is 36.7 Å². The smallest absolute Gasteiger partial charge is 0.332 e. The van der Waals surface area contributed by atoms with Crippen molar-refractivity contribution in [3.05, 3.63) is 42.2 Å². The van der Waals surface area contributed by atoms with Crippen LogP contribution in [0, 0.1) is 0 Å². The van der Waals surface area contributed by atoms with E-state index >= 15 is 0 Å². The molecule has 2 rings (SSSR count). The topological polar surface area (TPSA) is 108 Å². The molecule has 0 spiro atoms. The number of tetrazole rings is 1. The van der Waals surface area contributed by atoms with Gasteiger partial charge in [-0.15, -0.1) is 5.10 Å². The maximum atomic E-state index is 12.5. The first-order valence-corrected chi connectivity index (χ1v) is 7.85. The molecule has 2 atom stereocenters. The van der Waals surface area contributed by atoms with Crippen LogP contribution >= 0.6 is 0 Å². The summed E-state index contributed by atoms with van der Waals surface area (Å²) in [4.78, 5) is 24.5. The minimum absolute atomic E-state index is 0.345. The van der Waals surface area contributed by atoms with E-state index in [1.807, 2.05) is 30.3 Å². The van der Waals surface area contributed by atoms with Crippen LogP contribution in [0.25, 0.3) is 0 Å². The number of hydrogen-bond donors (Lipinski definition) is 1. The maximum absolute atomic E-state index is 12.5. The second-order valence-electron chi connectivity index (χ2n) is 5.36. The van der Waals surface area contributed by atoms with Crippen molar-refractivity contribution in [3.63, 3.8) is 0 Å². The minimum Gasteiger partial charge on any atom is -0.451 e. The van der Waals surface area contributed by atoms with E-state index in [0.717, 1.165) is 5.56 Å². The van der Waals surface area contributed by atoms with Gasteiger partial charge in [-0.3, -0.25) is 4.79 Å². The normalized spacial score (nSPS) is 13.0. The SMILES string of the molecule is COCCNC(=O)[C@H](C)OC(=O)[C@H](Cc1ccccc1)n1cnnn1. The lowest BCUT2D eigenvalue weighted by atomic mass is 10.1. The summed E-state index contributed by atoms with van der Waals surface area (Å²) in [5.41, 5.74) is 0.928. The number of methoxy groups -OCH3 is 1. The number of rotatable bonds is 9. The van der Waals surface area contributed by atoms with Gasteiger partial charge in [-0.05, 0) is 22.9 Å². The Morgan fingerprint density at radius 1 is 1.28 bits per heavy atom. The van der Waals surface area contributed by atoms with Crippen molar-refractivity contribution >= 4 is 11.9 Å². The summed E-state index contributed by atoms with van der Waals surface area (Å²) < 4.78 is 11.5. The lowest BCUT2D eigenvalue weighted by molar-refractivity contribution is -0.158. The number of nitrogens with zero attached hydrogens (tertiary/aromatic N) is 4. The number of amides is 1. The van der Waals surface area contributed by atoms with Crippen LogP contribution in [-0.2, 0) is 25.5 Å². The summed E-state index contributed by atoms with van der Waals surface area (Å²) in [5, 5.41) is 13.5. The fourth-order valence-corrected chi connectivity index (χ4v) is 2.16. The van der Waals surface area contributed by atoms with E-state index in [1.54, 1.807) is 0 Å². The van der Waals surface area contributed by atoms with Gasteiger partial charge in [0, 0.05) is 20.1 Å². The molecule has 0 unspecified atom stereocenters. The van der Waals surface area contributed by atoms with Crippen LogP contribution in [-0.4, -0.2) is 58.4 Å². The number of carbonyl (C=O) groups excluding carboxylic acids is 2. The molecule has 1 aromatic heterocycles. The molecule has 0 fully saturated rings. The largest absolute Gasteiger partial charge is 0.451 e. The molecular weight excluding hydrogens is 326 g/mol. The first-order chi connectivity index (χ1) is 12.1. The fraction of sp³-hybridized carbons (Fsp3) is 0.438. The molecule has 134 valence electrons. The molecule has 0 saturated carbocycles. The van der Waals surface area contributed by atoms with E-state index in [4.69, 9.17) is 9.47 Å². The molecule has 1 heterocycles. The molecule has 2 aromatic rings. The van der Waals surface area contributed by atoms with Crippen LogP contribution in [0.4, 0.5) is 0 Å². The Morgan fingerprint density at radius 3 is 2.68 bits per heavy atom. The maximum Gasteiger partial charge on any atom is 0.332 e. The predicted molar refractivity (Wildman–Crippen MR) is 87.4 cm³/mol. The average molecular weight is 347 g/mol. The van der Waals surface area contributed by atoms with Crippen LogP contribution in [0.2, 0.25) is 0 Å². The molecule has 9 nitrogen and oxygen atoms in total. The Morgan fingerprint density at radius 2 is 2.04 bits per heavy atom. The second kappa shape index (κ2) is 9.48. The van der Waals surface area contributed by atoms with Crippen LogP contribution in [0.5, 0.6) is 0 Å². The zero-order valence-corrected chi connectivity index (χ0v) is 14.2. The fourth-order valence-electron chi connectivity index (χ4n) is 2.16. The Bertz CT molecular complexity index is 662. The molecular formula is C16H21N5O4. The highest BCUT2D eigenvalue weighted by Crippen LogP contribution is 2.15. The molecule has 0 saturated heterocycles. The summed E-state index contributed by atoms with van der Waals surface area (Å²) in [6.07, 6.45) is 0.764. The summed E-state index contributed by atoms with van der Waals surface area (Å²) in [7, 11) is 1.54. The van der Waals surface area contributed by atoms with E-state index < -0.39 is 18.1 Å². The second-order valence-corrected chi connectivity index (χ2v) is 5.36. The van der Waals surface area contributed by atoms with Crippen molar-refractivity contribution in [3.8, 4) is 0 Å². The molecule has 1 aromatic carbocycles. The van der Waals surface area contributed by atoms with Crippen molar-refractivity contribution in [2.45, 2.75) is 25.5 Å². The average Bonchev–Trinajstić information content (AvgIpc) is 3.14. The highest BCUT2D eigenvalue weighted by molar-refractivity contribution is 5.84. The quantitative estimate of drug-likeness (QED) is 0.508. The predicted octanol–water partition coefficient (Wildman–Crippen LogP) is 0.151. The molecule has 1 N–H and O–H groups in total. The molecule has 0 bridgehead atoms. The van der Waals surface area contributed by atoms with Gasteiger partial charge >= 0.3 is 5.97 Å². The van der Waals surface area contributed by atoms with Crippen molar-refractivity contribution in [1.82, 2.24) is 25.5 Å². The van der Waals surface area contributed by atoms with Crippen LogP contribution in [0.1, 0.15) is 18.5 Å². The molecule has 0 aliphatic rings. The van der Waals surface area contributed by atoms with E-state index in [2.05, 4.69) is 20.8 Å². The molecule has 0 aliphatic carbocycles. The standard InChI is InChI=1S/C16H21N5O4/c1-12(15(22)17-8-9-24-2)25-16(23)14(21-11-18-19-20-21)10-13-6-4-3-5-7-13/h3-7,11-12,14H,8-10H2,1-2H3,(H,17,22)/t12-,14-/m0/s1. The molecule has 9 heteroatoms. The van der Waals surface area contributed by atoms with Crippen molar-refractivity contribution in [2.75, 3.05) is 20.3 Å². The molecule has 25 heavy (non-hydrogen) atoms. The van der Waals surface area contributed by atoms with E-state index in [9.17, 15) is 9.59 Å². The highest BCUT2D eigenvalue weighted by Gasteiger charge is 2.27. The molecule has 0 aliphatic heterocycles. The van der Waals surface area contributed by atoms with Crippen molar-refractivity contribution < 1.29 is 19.1 Å². The van der Waals surface area contributed by atoms with Gasteiger partial charge in [0.1, 0.15) is 6.33 Å². The zero-order valence-electron chi connectivity index (χ0n) is 14.2. The van der Waals surface area contributed by atoms with Gasteiger partial charge in [-0.2, -0.15) is 0 Å². The minimum atomic E-state index is -0.931. The monoisotopic (exact) mass is 347 g/mol. The number of hydrogen-bond acceptors (Lipinski definition) is 7. The van der Waals surface area contributed by atoms with Gasteiger partial charge in [-0.1, -0.05) is 30.3 Å².